The van der Waals surface area contributed by atoms with Gasteiger partial charge in [0.05, 0.1) is 0 Å². The lowest BCUT2D eigenvalue weighted by Crippen LogP contribution is -1.79. The highest BCUT2D eigenvalue weighted by Crippen LogP contribution is 2.37. The maximum atomic E-state index is 2.25. The highest BCUT2D eigenvalue weighted by molar-refractivity contribution is 8.76. The Bertz CT molecular complexity index is 518. The van der Waals surface area contributed by atoms with Crippen LogP contribution in [0.25, 0.3) is 0 Å². The predicted molar refractivity (Wildman–Crippen MR) is 78.8 cm³/mol. The first-order valence-corrected chi connectivity index (χ1v) is 7.78. The molecule has 0 unspecified atom stereocenters. The Balaban J connectivity index is 2.05. The van der Waals surface area contributed by atoms with Crippen molar-refractivity contribution < 1.29 is 0 Å². The molecule has 88 valence electrons. The van der Waals surface area contributed by atoms with Gasteiger partial charge in [-0.3, -0.25) is 0 Å². The zero-order valence-electron chi connectivity index (χ0n) is 10.4. The summed E-state index contributed by atoms with van der Waals surface area (Å²) in [6, 6.07) is 15.3. The van der Waals surface area contributed by atoms with Gasteiger partial charge in [0.2, 0.25) is 0 Å². The van der Waals surface area contributed by atoms with Crippen LogP contribution in [0.15, 0.2) is 52.3 Å². The summed E-state index contributed by atoms with van der Waals surface area (Å²) < 4.78 is 0. The topological polar surface area (TPSA) is 0 Å². The minimum Gasteiger partial charge on any atom is -0.0609 e. The molecule has 0 aliphatic heterocycles. The fourth-order valence-electron chi connectivity index (χ4n) is 1.53. The molecule has 0 nitrogen and oxygen atoms in total. The summed E-state index contributed by atoms with van der Waals surface area (Å²) in [5.41, 5.74) is 4.03. The average molecular weight is 260 g/mol. The first-order chi connectivity index (χ1) is 8.15. The molecule has 0 saturated carbocycles. The maximum Gasteiger partial charge on any atom is 0.0189 e. The molecular weight excluding hydrogens is 244 g/mol. The zero-order chi connectivity index (χ0) is 12.3. The second-order valence-electron chi connectivity index (χ2n) is 4.23. The average Bonchev–Trinajstić information content (AvgIpc) is 2.31. The van der Waals surface area contributed by atoms with Crippen LogP contribution in [0.5, 0.6) is 0 Å². The highest BCUT2D eigenvalue weighted by atomic mass is 33.1. The van der Waals surface area contributed by atoms with Gasteiger partial charge in [0, 0.05) is 9.79 Å². The van der Waals surface area contributed by atoms with E-state index in [-0.39, 0.29) is 0 Å². The van der Waals surface area contributed by atoms with Crippen molar-refractivity contribution in [3.8, 4) is 0 Å². The van der Waals surface area contributed by atoms with E-state index < -0.39 is 0 Å². The van der Waals surface area contributed by atoms with Crippen molar-refractivity contribution >= 4 is 21.6 Å². The van der Waals surface area contributed by atoms with Gasteiger partial charge in [-0.05, 0) is 61.7 Å². The standard InChI is InChI=1S/C15H16S2/c1-11-5-4-6-14(9-11)16-17-15-8-7-12(2)13(3)10-15/h4-10H,1-3H3. The molecule has 0 bridgehead atoms. The summed E-state index contributed by atoms with van der Waals surface area (Å²) >= 11 is 0. The van der Waals surface area contributed by atoms with Crippen molar-refractivity contribution in [2.45, 2.75) is 30.6 Å². The third-order valence-corrected chi connectivity index (χ3v) is 5.08. The van der Waals surface area contributed by atoms with Gasteiger partial charge in [0.1, 0.15) is 0 Å². The van der Waals surface area contributed by atoms with Crippen LogP contribution < -0.4 is 0 Å². The van der Waals surface area contributed by atoms with E-state index in [1.165, 1.54) is 26.5 Å². The fourth-order valence-corrected chi connectivity index (χ4v) is 3.64. The molecule has 2 rings (SSSR count). The van der Waals surface area contributed by atoms with Gasteiger partial charge in [-0.2, -0.15) is 0 Å². The van der Waals surface area contributed by atoms with Crippen molar-refractivity contribution in [2.75, 3.05) is 0 Å². The van der Waals surface area contributed by atoms with Gasteiger partial charge >= 0.3 is 0 Å². The second-order valence-corrected chi connectivity index (χ2v) is 6.51. The molecule has 0 aliphatic rings. The largest absolute Gasteiger partial charge is 0.0609 e. The van der Waals surface area contributed by atoms with E-state index in [2.05, 4.69) is 63.2 Å². The van der Waals surface area contributed by atoms with E-state index in [4.69, 9.17) is 0 Å². The van der Waals surface area contributed by atoms with E-state index in [1.54, 1.807) is 0 Å². The van der Waals surface area contributed by atoms with Crippen molar-refractivity contribution in [1.82, 2.24) is 0 Å². The van der Waals surface area contributed by atoms with E-state index >= 15 is 0 Å². The van der Waals surface area contributed by atoms with Crippen molar-refractivity contribution in [3.63, 3.8) is 0 Å². The van der Waals surface area contributed by atoms with Gasteiger partial charge in [0.15, 0.2) is 0 Å². The molecule has 0 fully saturated rings. The van der Waals surface area contributed by atoms with E-state index in [9.17, 15) is 0 Å². The lowest BCUT2D eigenvalue weighted by Gasteiger charge is -2.05. The van der Waals surface area contributed by atoms with Gasteiger partial charge in [-0.15, -0.1) is 0 Å². The summed E-state index contributed by atoms with van der Waals surface area (Å²) in [5.74, 6) is 0. The van der Waals surface area contributed by atoms with Crippen molar-refractivity contribution in [3.05, 3.63) is 59.2 Å². The van der Waals surface area contributed by atoms with Crippen LogP contribution in [0.3, 0.4) is 0 Å². The van der Waals surface area contributed by atoms with E-state index in [0.717, 1.165) is 0 Å². The monoisotopic (exact) mass is 260 g/mol. The van der Waals surface area contributed by atoms with Gasteiger partial charge in [-0.25, -0.2) is 0 Å². The Kier molecular flexibility index (Phi) is 4.19. The number of hydrogen-bond acceptors (Lipinski definition) is 2. The Hall–Kier alpha value is -0.860. The molecule has 0 saturated heterocycles. The molecule has 0 aromatic heterocycles. The Morgan fingerprint density at radius 3 is 2.06 bits per heavy atom. The van der Waals surface area contributed by atoms with Crippen LogP contribution in [0, 0.1) is 20.8 Å². The first-order valence-electron chi connectivity index (χ1n) is 5.63. The van der Waals surface area contributed by atoms with Crippen molar-refractivity contribution in [1.29, 1.82) is 0 Å². The third-order valence-electron chi connectivity index (χ3n) is 2.70. The number of rotatable bonds is 3. The lowest BCUT2D eigenvalue weighted by molar-refractivity contribution is 1.28. The van der Waals surface area contributed by atoms with Crippen LogP contribution in [-0.4, -0.2) is 0 Å². The molecule has 17 heavy (non-hydrogen) atoms. The smallest absolute Gasteiger partial charge is 0.0189 e. The van der Waals surface area contributed by atoms with Crippen LogP contribution in [0.2, 0.25) is 0 Å². The molecule has 2 heteroatoms. The maximum absolute atomic E-state index is 2.25. The Morgan fingerprint density at radius 1 is 0.706 bits per heavy atom. The van der Waals surface area contributed by atoms with E-state index in [1.807, 2.05) is 21.6 Å². The molecule has 0 N–H and O–H groups in total. The third kappa shape index (κ3) is 3.55. The molecule has 0 spiro atoms. The van der Waals surface area contributed by atoms with Crippen LogP contribution in [0.4, 0.5) is 0 Å². The Labute approximate surface area is 111 Å². The van der Waals surface area contributed by atoms with Crippen LogP contribution in [0.1, 0.15) is 16.7 Å². The Morgan fingerprint density at radius 2 is 1.41 bits per heavy atom. The van der Waals surface area contributed by atoms with Gasteiger partial charge in [0.25, 0.3) is 0 Å². The molecule has 2 aromatic rings. The fraction of sp³-hybridized carbons (Fsp3) is 0.200. The molecule has 0 atom stereocenters. The second kappa shape index (κ2) is 5.65. The molecule has 0 heterocycles. The molecule has 2 aromatic carbocycles. The van der Waals surface area contributed by atoms with E-state index in [0.29, 0.717) is 0 Å². The predicted octanol–water partition coefficient (Wildman–Crippen LogP) is 5.41. The highest BCUT2D eigenvalue weighted by Gasteiger charge is 1.99. The number of benzene rings is 2. The molecule has 0 amide bonds. The normalized spacial score (nSPS) is 10.5. The van der Waals surface area contributed by atoms with Crippen LogP contribution >= 0.6 is 21.6 Å². The lowest BCUT2D eigenvalue weighted by atomic mass is 10.1. The summed E-state index contributed by atoms with van der Waals surface area (Å²) in [6.07, 6.45) is 0. The molecule has 0 aliphatic carbocycles. The summed E-state index contributed by atoms with van der Waals surface area (Å²) in [6.45, 7) is 6.44. The SMILES string of the molecule is Cc1cccc(SSc2ccc(C)c(C)c2)c1. The summed E-state index contributed by atoms with van der Waals surface area (Å²) in [5, 5.41) is 0. The van der Waals surface area contributed by atoms with Gasteiger partial charge < -0.3 is 0 Å². The minimum atomic E-state index is 1.31. The molecular formula is C15H16S2. The minimum absolute atomic E-state index is 1.31. The number of aryl methyl sites for hydroxylation is 3. The number of hydrogen-bond donors (Lipinski definition) is 0. The zero-order valence-corrected chi connectivity index (χ0v) is 12.0. The molecule has 0 radical (unpaired) electrons. The van der Waals surface area contributed by atoms with Crippen LogP contribution in [-0.2, 0) is 0 Å². The first kappa shape index (κ1) is 12.6. The van der Waals surface area contributed by atoms with Gasteiger partial charge in [-0.1, -0.05) is 39.8 Å². The summed E-state index contributed by atoms with van der Waals surface area (Å²) in [4.78, 5) is 2.63. The summed E-state index contributed by atoms with van der Waals surface area (Å²) in [7, 11) is 3.64. The van der Waals surface area contributed by atoms with Crippen molar-refractivity contribution in [2.24, 2.45) is 0 Å². The quantitative estimate of drug-likeness (QED) is 0.677.